The summed E-state index contributed by atoms with van der Waals surface area (Å²) in [7, 11) is 0. The van der Waals surface area contributed by atoms with Crippen LogP contribution in [0.5, 0.6) is 0 Å². The van der Waals surface area contributed by atoms with E-state index in [9.17, 15) is 0 Å². The molecule has 0 aromatic carbocycles. The second kappa shape index (κ2) is 6.20. The van der Waals surface area contributed by atoms with E-state index in [1.165, 1.54) is 12.8 Å². The van der Waals surface area contributed by atoms with E-state index in [1.807, 2.05) is 6.07 Å². The summed E-state index contributed by atoms with van der Waals surface area (Å²) in [5.74, 6) is 1.39. The molecule has 0 spiro atoms. The van der Waals surface area contributed by atoms with Crippen LogP contribution in [0.4, 0.5) is 0 Å². The van der Waals surface area contributed by atoms with E-state index in [0.717, 1.165) is 29.1 Å². The maximum Gasteiger partial charge on any atom is 0.188 e. The fourth-order valence-electron chi connectivity index (χ4n) is 2.47. The van der Waals surface area contributed by atoms with Crippen molar-refractivity contribution in [2.45, 2.75) is 52.2 Å². The first kappa shape index (κ1) is 14.6. The molecule has 1 aliphatic rings. The zero-order chi connectivity index (χ0) is 14.8. The Hall–Kier alpha value is -1.33. The molecular formula is C16H22N4S. The number of thiazole rings is 1. The van der Waals surface area contributed by atoms with E-state index in [0.29, 0.717) is 12.0 Å². The SMILES string of the molecule is CC(C)[C@@H](C)N(Cc1csc(-c2ncccn2)n1)C1CC1. The molecule has 3 rings (SSSR count). The van der Waals surface area contributed by atoms with Crippen molar-refractivity contribution in [2.24, 2.45) is 5.92 Å². The molecule has 21 heavy (non-hydrogen) atoms. The molecule has 0 saturated heterocycles. The average Bonchev–Trinajstić information content (AvgIpc) is 3.23. The van der Waals surface area contributed by atoms with Gasteiger partial charge in [0.2, 0.25) is 0 Å². The van der Waals surface area contributed by atoms with Gasteiger partial charge in [-0.2, -0.15) is 0 Å². The Bertz CT molecular complexity index is 577. The van der Waals surface area contributed by atoms with Crippen LogP contribution in [0, 0.1) is 5.92 Å². The zero-order valence-electron chi connectivity index (χ0n) is 12.9. The van der Waals surface area contributed by atoms with Crippen molar-refractivity contribution in [3.05, 3.63) is 29.5 Å². The molecule has 4 nitrogen and oxygen atoms in total. The van der Waals surface area contributed by atoms with Crippen LogP contribution in [0.25, 0.3) is 10.8 Å². The average molecular weight is 302 g/mol. The van der Waals surface area contributed by atoms with Crippen molar-refractivity contribution >= 4 is 11.3 Å². The lowest BCUT2D eigenvalue weighted by Gasteiger charge is -2.31. The van der Waals surface area contributed by atoms with E-state index in [1.54, 1.807) is 23.7 Å². The highest BCUT2D eigenvalue weighted by Crippen LogP contribution is 2.32. The lowest BCUT2D eigenvalue weighted by atomic mass is 10.0. The number of nitrogens with zero attached hydrogens (tertiary/aromatic N) is 4. The lowest BCUT2D eigenvalue weighted by Crippen LogP contribution is -2.38. The first-order valence-electron chi connectivity index (χ1n) is 7.62. The van der Waals surface area contributed by atoms with Gasteiger partial charge in [-0.15, -0.1) is 11.3 Å². The van der Waals surface area contributed by atoms with E-state index >= 15 is 0 Å². The summed E-state index contributed by atoms with van der Waals surface area (Å²) in [6.45, 7) is 7.86. The first-order chi connectivity index (χ1) is 10.1. The standard InChI is InChI=1S/C16H22N4S/c1-11(2)12(3)20(14-5-6-14)9-13-10-21-16(19-13)15-17-7-4-8-18-15/h4,7-8,10-12,14H,5-6,9H2,1-3H3/t12-/m1/s1. The number of rotatable bonds is 6. The van der Waals surface area contributed by atoms with Crippen molar-refractivity contribution in [3.8, 4) is 10.8 Å². The molecule has 0 radical (unpaired) electrons. The van der Waals surface area contributed by atoms with Crippen LogP contribution in [-0.2, 0) is 6.54 Å². The molecule has 0 aliphatic heterocycles. The number of hydrogen-bond donors (Lipinski definition) is 0. The Morgan fingerprint density at radius 2 is 1.95 bits per heavy atom. The van der Waals surface area contributed by atoms with Gasteiger partial charge in [0.1, 0.15) is 0 Å². The minimum atomic E-state index is 0.593. The highest BCUT2D eigenvalue weighted by atomic mass is 32.1. The highest BCUT2D eigenvalue weighted by Gasteiger charge is 2.33. The monoisotopic (exact) mass is 302 g/mol. The quantitative estimate of drug-likeness (QED) is 0.817. The summed E-state index contributed by atoms with van der Waals surface area (Å²) in [4.78, 5) is 15.9. The van der Waals surface area contributed by atoms with Crippen LogP contribution in [0.1, 0.15) is 39.3 Å². The van der Waals surface area contributed by atoms with E-state index in [2.05, 4.69) is 41.0 Å². The first-order valence-corrected chi connectivity index (χ1v) is 8.50. The fraction of sp³-hybridized carbons (Fsp3) is 0.562. The minimum absolute atomic E-state index is 0.593. The van der Waals surface area contributed by atoms with E-state index in [-0.39, 0.29) is 0 Å². The second-order valence-electron chi connectivity index (χ2n) is 6.10. The van der Waals surface area contributed by atoms with Crippen LogP contribution in [0.3, 0.4) is 0 Å². The van der Waals surface area contributed by atoms with Crippen molar-refractivity contribution in [2.75, 3.05) is 0 Å². The molecule has 0 amide bonds. The van der Waals surface area contributed by atoms with E-state index < -0.39 is 0 Å². The van der Waals surface area contributed by atoms with Crippen LogP contribution >= 0.6 is 11.3 Å². The summed E-state index contributed by atoms with van der Waals surface area (Å²) < 4.78 is 0. The number of aromatic nitrogens is 3. The summed E-state index contributed by atoms with van der Waals surface area (Å²) in [5, 5.41) is 3.06. The maximum atomic E-state index is 4.72. The summed E-state index contributed by atoms with van der Waals surface area (Å²) in [6, 6.07) is 3.17. The molecule has 2 heterocycles. The smallest absolute Gasteiger partial charge is 0.188 e. The highest BCUT2D eigenvalue weighted by molar-refractivity contribution is 7.13. The van der Waals surface area contributed by atoms with Gasteiger partial charge in [0, 0.05) is 36.4 Å². The molecule has 2 aromatic rings. The molecule has 0 bridgehead atoms. The van der Waals surface area contributed by atoms with Gasteiger partial charge in [-0.25, -0.2) is 15.0 Å². The van der Waals surface area contributed by atoms with Gasteiger partial charge < -0.3 is 0 Å². The molecule has 1 saturated carbocycles. The molecule has 5 heteroatoms. The molecule has 1 aliphatic carbocycles. The van der Waals surface area contributed by atoms with Gasteiger partial charge in [0.05, 0.1) is 5.69 Å². The Kier molecular flexibility index (Phi) is 4.31. The maximum absolute atomic E-state index is 4.72. The normalized spacial score (nSPS) is 16.6. The molecule has 0 N–H and O–H groups in total. The molecular weight excluding hydrogens is 280 g/mol. The molecule has 0 unspecified atom stereocenters. The second-order valence-corrected chi connectivity index (χ2v) is 6.96. The van der Waals surface area contributed by atoms with Gasteiger partial charge in [-0.05, 0) is 31.7 Å². The van der Waals surface area contributed by atoms with Gasteiger partial charge >= 0.3 is 0 Å². The van der Waals surface area contributed by atoms with Crippen LogP contribution in [-0.4, -0.2) is 31.9 Å². The predicted molar refractivity (Wildman–Crippen MR) is 86.0 cm³/mol. The third-order valence-corrected chi connectivity index (χ3v) is 5.04. The predicted octanol–water partition coefficient (Wildman–Crippen LogP) is 3.61. The Morgan fingerprint density at radius 1 is 1.24 bits per heavy atom. The Morgan fingerprint density at radius 3 is 2.57 bits per heavy atom. The Labute approximate surface area is 130 Å². The molecule has 1 atom stereocenters. The number of hydrogen-bond acceptors (Lipinski definition) is 5. The minimum Gasteiger partial charge on any atom is -0.292 e. The molecule has 2 aromatic heterocycles. The van der Waals surface area contributed by atoms with Crippen LogP contribution < -0.4 is 0 Å². The summed E-state index contributed by atoms with van der Waals surface area (Å²) in [6.07, 6.45) is 6.19. The van der Waals surface area contributed by atoms with Gasteiger partial charge in [0.15, 0.2) is 10.8 Å². The lowest BCUT2D eigenvalue weighted by molar-refractivity contribution is 0.149. The van der Waals surface area contributed by atoms with Gasteiger partial charge in [0.25, 0.3) is 0 Å². The molecule has 1 fully saturated rings. The summed E-state index contributed by atoms with van der Waals surface area (Å²) in [5.41, 5.74) is 1.14. The van der Waals surface area contributed by atoms with Crippen LogP contribution in [0.15, 0.2) is 23.8 Å². The van der Waals surface area contributed by atoms with Gasteiger partial charge in [-0.1, -0.05) is 13.8 Å². The van der Waals surface area contributed by atoms with Crippen molar-refractivity contribution in [1.82, 2.24) is 19.9 Å². The third kappa shape index (κ3) is 3.47. The Balaban J connectivity index is 1.74. The van der Waals surface area contributed by atoms with Gasteiger partial charge in [-0.3, -0.25) is 4.90 Å². The van der Waals surface area contributed by atoms with Crippen molar-refractivity contribution < 1.29 is 0 Å². The van der Waals surface area contributed by atoms with Crippen molar-refractivity contribution in [3.63, 3.8) is 0 Å². The van der Waals surface area contributed by atoms with Crippen molar-refractivity contribution in [1.29, 1.82) is 0 Å². The fourth-order valence-corrected chi connectivity index (χ4v) is 3.23. The molecule has 112 valence electrons. The van der Waals surface area contributed by atoms with E-state index in [4.69, 9.17) is 4.98 Å². The van der Waals surface area contributed by atoms with Crippen LogP contribution in [0.2, 0.25) is 0 Å². The largest absolute Gasteiger partial charge is 0.292 e. The topological polar surface area (TPSA) is 41.9 Å². The summed E-state index contributed by atoms with van der Waals surface area (Å²) >= 11 is 1.63. The third-order valence-electron chi connectivity index (χ3n) is 4.16. The zero-order valence-corrected chi connectivity index (χ0v) is 13.7.